The average molecular weight is 452 g/mol. The second kappa shape index (κ2) is 9.36. The van der Waals surface area contributed by atoms with Crippen molar-refractivity contribution in [3.8, 4) is 0 Å². The summed E-state index contributed by atoms with van der Waals surface area (Å²) in [6.45, 7) is 1.26. The first kappa shape index (κ1) is 22.4. The molecule has 1 aromatic heterocycles. The topological polar surface area (TPSA) is 50.2 Å². The Kier molecular flexibility index (Phi) is 6.35. The second-order valence-electron chi connectivity index (χ2n) is 7.89. The van der Waals surface area contributed by atoms with E-state index in [1.54, 1.807) is 7.05 Å². The number of carbonyl (C=O) groups is 1. The number of benzene rings is 3. The largest absolute Gasteiger partial charge is 0.416 e. The Hall–Kier alpha value is -3.81. The van der Waals surface area contributed by atoms with Gasteiger partial charge < -0.3 is 14.8 Å². The van der Waals surface area contributed by atoms with Gasteiger partial charge in [0.05, 0.1) is 22.9 Å². The van der Waals surface area contributed by atoms with Gasteiger partial charge in [-0.1, -0.05) is 48.5 Å². The number of hydrogen-bond acceptors (Lipinski definition) is 2. The molecule has 0 saturated carbocycles. The van der Waals surface area contributed by atoms with Crippen molar-refractivity contribution in [1.29, 1.82) is 0 Å². The standard InChI is InChI=1S/C25H23F3N4O/c1-31(15-19-10-12-21(13-11-19)25(26,27)28)24(33)29-14-18-6-8-20(9-7-18)16-32-17-30-22-4-2-3-5-23(22)32/h2-13,17H,14-16H2,1H3,(H,29,33). The normalized spacial score (nSPS) is 11.5. The molecule has 0 unspecified atom stereocenters. The highest BCUT2D eigenvalue weighted by Gasteiger charge is 2.30. The molecule has 33 heavy (non-hydrogen) atoms. The smallest absolute Gasteiger partial charge is 0.334 e. The van der Waals surface area contributed by atoms with Crippen LogP contribution in [0.4, 0.5) is 18.0 Å². The van der Waals surface area contributed by atoms with Gasteiger partial charge in [-0.2, -0.15) is 13.2 Å². The minimum absolute atomic E-state index is 0.210. The van der Waals surface area contributed by atoms with Gasteiger partial charge in [-0.3, -0.25) is 0 Å². The van der Waals surface area contributed by atoms with Crippen molar-refractivity contribution in [2.24, 2.45) is 0 Å². The van der Waals surface area contributed by atoms with E-state index in [1.807, 2.05) is 54.9 Å². The summed E-state index contributed by atoms with van der Waals surface area (Å²) in [7, 11) is 1.60. The zero-order chi connectivity index (χ0) is 23.4. The molecule has 0 aliphatic rings. The maximum atomic E-state index is 12.7. The minimum Gasteiger partial charge on any atom is -0.334 e. The Morgan fingerprint density at radius 2 is 1.58 bits per heavy atom. The number of nitrogens with one attached hydrogen (secondary N) is 1. The van der Waals surface area contributed by atoms with E-state index in [1.165, 1.54) is 17.0 Å². The summed E-state index contributed by atoms with van der Waals surface area (Å²) in [5.41, 5.74) is 4.01. The lowest BCUT2D eigenvalue weighted by Crippen LogP contribution is -2.36. The molecule has 0 atom stereocenters. The quantitative estimate of drug-likeness (QED) is 0.423. The molecule has 170 valence electrons. The SMILES string of the molecule is CN(Cc1ccc(C(F)(F)F)cc1)C(=O)NCc1ccc(Cn2cnc3ccccc32)cc1. The summed E-state index contributed by atoms with van der Waals surface area (Å²) in [4.78, 5) is 18.2. The third-order valence-corrected chi connectivity index (χ3v) is 5.39. The fourth-order valence-corrected chi connectivity index (χ4v) is 3.55. The van der Waals surface area contributed by atoms with Crippen LogP contribution in [0.5, 0.6) is 0 Å². The monoisotopic (exact) mass is 452 g/mol. The highest BCUT2D eigenvalue weighted by molar-refractivity contribution is 5.75. The van der Waals surface area contributed by atoms with Crippen molar-refractivity contribution in [2.45, 2.75) is 25.8 Å². The van der Waals surface area contributed by atoms with Crippen LogP contribution < -0.4 is 5.32 Å². The van der Waals surface area contributed by atoms with Crippen LogP contribution >= 0.6 is 0 Å². The van der Waals surface area contributed by atoms with Gasteiger partial charge in [-0.15, -0.1) is 0 Å². The van der Waals surface area contributed by atoms with E-state index < -0.39 is 11.7 Å². The molecule has 0 bridgehead atoms. The van der Waals surface area contributed by atoms with Gasteiger partial charge in [0.1, 0.15) is 0 Å². The van der Waals surface area contributed by atoms with E-state index in [-0.39, 0.29) is 12.6 Å². The number of para-hydroxylation sites is 2. The van der Waals surface area contributed by atoms with Crippen molar-refractivity contribution < 1.29 is 18.0 Å². The Bertz CT molecular complexity index is 1230. The van der Waals surface area contributed by atoms with Crippen molar-refractivity contribution in [3.63, 3.8) is 0 Å². The minimum atomic E-state index is -4.37. The van der Waals surface area contributed by atoms with Crippen LogP contribution in [0.2, 0.25) is 0 Å². The van der Waals surface area contributed by atoms with E-state index >= 15 is 0 Å². The summed E-state index contributed by atoms with van der Waals surface area (Å²) in [6, 6.07) is 20.4. The van der Waals surface area contributed by atoms with E-state index in [4.69, 9.17) is 0 Å². The maximum Gasteiger partial charge on any atom is 0.416 e. The molecule has 3 aromatic carbocycles. The Balaban J connectivity index is 1.29. The molecule has 0 radical (unpaired) electrons. The molecular formula is C25H23F3N4O. The van der Waals surface area contributed by atoms with Gasteiger partial charge in [0.15, 0.2) is 0 Å². The molecule has 0 aliphatic heterocycles. The average Bonchev–Trinajstić information content (AvgIpc) is 3.21. The molecule has 0 saturated heterocycles. The number of rotatable bonds is 6. The van der Waals surface area contributed by atoms with Crippen molar-refractivity contribution >= 4 is 17.1 Å². The van der Waals surface area contributed by atoms with Crippen molar-refractivity contribution in [2.75, 3.05) is 7.05 Å². The molecule has 0 aliphatic carbocycles. The predicted molar refractivity (Wildman–Crippen MR) is 120 cm³/mol. The van der Waals surface area contributed by atoms with E-state index in [0.29, 0.717) is 18.7 Å². The van der Waals surface area contributed by atoms with Crippen molar-refractivity contribution in [1.82, 2.24) is 19.8 Å². The fraction of sp³-hybridized carbons (Fsp3) is 0.200. The van der Waals surface area contributed by atoms with E-state index in [0.717, 1.165) is 34.3 Å². The van der Waals surface area contributed by atoms with Crippen LogP contribution in [0.25, 0.3) is 11.0 Å². The zero-order valence-corrected chi connectivity index (χ0v) is 18.0. The lowest BCUT2D eigenvalue weighted by Gasteiger charge is -2.18. The molecule has 2 amide bonds. The Morgan fingerprint density at radius 1 is 0.939 bits per heavy atom. The molecule has 0 fully saturated rings. The lowest BCUT2D eigenvalue weighted by atomic mass is 10.1. The number of aromatic nitrogens is 2. The maximum absolute atomic E-state index is 12.7. The van der Waals surface area contributed by atoms with E-state index in [2.05, 4.69) is 14.9 Å². The summed E-state index contributed by atoms with van der Waals surface area (Å²) in [6.07, 6.45) is -2.55. The summed E-state index contributed by atoms with van der Waals surface area (Å²) >= 11 is 0. The number of carbonyl (C=O) groups excluding carboxylic acids is 1. The van der Waals surface area contributed by atoms with Crippen LogP contribution in [0.3, 0.4) is 0 Å². The molecule has 4 aromatic rings. The number of urea groups is 1. The second-order valence-corrected chi connectivity index (χ2v) is 7.89. The number of nitrogens with zero attached hydrogens (tertiary/aromatic N) is 3. The highest BCUT2D eigenvalue weighted by atomic mass is 19.4. The number of alkyl halides is 3. The molecule has 1 heterocycles. The molecule has 4 rings (SSSR count). The first-order chi connectivity index (χ1) is 15.8. The Morgan fingerprint density at radius 3 is 2.27 bits per heavy atom. The summed E-state index contributed by atoms with van der Waals surface area (Å²) in [5.74, 6) is 0. The van der Waals surface area contributed by atoms with Crippen LogP contribution in [-0.2, 0) is 25.8 Å². The summed E-state index contributed by atoms with van der Waals surface area (Å²) in [5, 5.41) is 2.84. The molecule has 8 heteroatoms. The van der Waals surface area contributed by atoms with Gasteiger partial charge in [0.25, 0.3) is 0 Å². The molecule has 0 spiro atoms. The summed E-state index contributed by atoms with van der Waals surface area (Å²) < 4.78 is 40.1. The first-order valence-corrected chi connectivity index (χ1v) is 10.4. The number of hydrogen-bond donors (Lipinski definition) is 1. The highest BCUT2D eigenvalue weighted by Crippen LogP contribution is 2.29. The van der Waals surface area contributed by atoms with E-state index in [9.17, 15) is 18.0 Å². The Labute approximate surface area is 189 Å². The van der Waals surface area contributed by atoms with Gasteiger partial charge in [0, 0.05) is 26.7 Å². The molecule has 5 nitrogen and oxygen atoms in total. The number of amides is 2. The predicted octanol–water partition coefficient (Wildman–Crippen LogP) is 5.45. The molecule has 1 N–H and O–H groups in total. The number of halogens is 3. The van der Waals surface area contributed by atoms with Crippen LogP contribution in [0.1, 0.15) is 22.3 Å². The van der Waals surface area contributed by atoms with Gasteiger partial charge in [0.2, 0.25) is 0 Å². The third kappa shape index (κ3) is 5.52. The van der Waals surface area contributed by atoms with Crippen LogP contribution in [0.15, 0.2) is 79.1 Å². The van der Waals surface area contributed by atoms with Gasteiger partial charge in [-0.25, -0.2) is 9.78 Å². The van der Waals surface area contributed by atoms with Gasteiger partial charge in [-0.05, 0) is 41.0 Å². The van der Waals surface area contributed by atoms with Crippen molar-refractivity contribution in [3.05, 3.63) is 101 Å². The fourth-order valence-electron chi connectivity index (χ4n) is 3.55. The zero-order valence-electron chi connectivity index (χ0n) is 18.0. The number of fused-ring (bicyclic) bond motifs is 1. The van der Waals surface area contributed by atoms with Crippen LogP contribution in [0, 0.1) is 0 Å². The third-order valence-electron chi connectivity index (χ3n) is 5.39. The molecular weight excluding hydrogens is 429 g/mol. The lowest BCUT2D eigenvalue weighted by molar-refractivity contribution is -0.137. The van der Waals surface area contributed by atoms with Crippen LogP contribution in [-0.4, -0.2) is 27.5 Å². The number of imidazole rings is 1. The first-order valence-electron chi connectivity index (χ1n) is 10.4. The van der Waals surface area contributed by atoms with Gasteiger partial charge >= 0.3 is 12.2 Å².